The maximum Gasteiger partial charge on any atom is 0.131 e. The topological polar surface area (TPSA) is 35.2 Å². The molecule has 0 radical (unpaired) electrons. The van der Waals surface area contributed by atoms with E-state index in [-0.39, 0.29) is 0 Å². The first-order valence-corrected chi connectivity index (χ1v) is 6.67. The van der Waals surface area contributed by atoms with Crippen molar-refractivity contribution < 1.29 is 4.74 Å². The summed E-state index contributed by atoms with van der Waals surface area (Å²) < 4.78 is 6.01. The third-order valence-corrected chi connectivity index (χ3v) is 3.18. The Balaban J connectivity index is 2.28. The van der Waals surface area contributed by atoms with Crippen LogP contribution in [0.3, 0.4) is 0 Å². The van der Waals surface area contributed by atoms with Crippen LogP contribution in [0.5, 0.6) is 11.5 Å². The second-order valence-electron chi connectivity index (χ2n) is 5.15. The Morgan fingerprint density at radius 2 is 1.74 bits per heavy atom. The van der Waals surface area contributed by atoms with Crippen molar-refractivity contribution in [1.29, 1.82) is 0 Å². The largest absolute Gasteiger partial charge is 0.457 e. The molecule has 2 N–H and O–H groups in total. The molecule has 0 saturated carbocycles. The first kappa shape index (κ1) is 13.6. The number of aryl methyl sites for hydroxylation is 1. The maximum atomic E-state index is 6.01. The molecular weight excluding hydrogens is 234 g/mol. The average Bonchev–Trinajstić information content (AvgIpc) is 2.39. The van der Waals surface area contributed by atoms with E-state index in [9.17, 15) is 0 Å². The van der Waals surface area contributed by atoms with Crippen molar-refractivity contribution in [3.8, 4) is 11.5 Å². The number of hydrogen-bond acceptors (Lipinski definition) is 2. The molecule has 2 aromatic carbocycles. The molecular formula is C17H21NO. The van der Waals surface area contributed by atoms with Crippen molar-refractivity contribution in [1.82, 2.24) is 0 Å². The number of ether oxygens (including phenoxy) is 1. The van der Waals surface area contributed by atoms with E-state index in [2.05, 4.69) is 39.0 Å². The number of hydrogen-bond donors (Lipinski definition) is 1. The molecule has 2 aromatic rings. The predicted octanol–water partition coefficient (Wildman–Crippen LogP) is 4.37. The molecule has 19 heavy (non-hydrogen) atoms. The summed E-state index contributed by atoms with van der Waals surface area (Å²) in [4.78, 5) is 0. The van der Waals surface area contributed by atoms with Gasteiger partial charge in [0.25, 0.3) is 0 Å². The van der Waals surface area contributed by atoms with E-state index in [1.807, 2.05) is 24.3 Å². The van der Waals surface area contributed by atoms with Gasteiger partial charge in [-0.3, -0.25) is 0 Å². The van der Waals surface area contributed by atoms with Crippen LogP contribution in [0.25, 0.3) is 0 Å². The van der Waals surface area contributed by atoms with Gasteiger partial charge in [-0.25, -0.2) is 0 Å². The second kappa shape index (κ2) is 5.89. The molecule has 0 amide bonds. The molecule has 0 saturated heterocycles. The summed E-state index contributed by atoms with van der Waals surface area (Å²) in [7, 11) is 0. The fraction of sp³-hybridized carbons (Fsp3) is 0.294. The van der Waals surface area contributed by atoms with Gasteiger partial charge in [0, 0.05) is 6.54 Å². The summed E-state index contributed by atoms with van der Waals surface area (Å²) in [5, 5.41) is 0. The summed E-state index contributed by atoms with van der Waals surface area (Å²) in [6.07, 6.45) is 0. The van der Waals surface area contributed by atoms with Gasteiger partial charge in [0.15, 0.2) is 0 Å². The standard InChI is InChI=1S/C17H21NO/c1-12(2)16-9-4-13(3)10-17(16)19-15-7-5-14(11-18)6-8-15/h4-10,12H,11,18H2,1-3H3. The van der Waals surface area contributed by atoms with Crippen molar-refractivity contribution in [2.24, 2.45) is 5.73 Å². The highest BCUT2D eigenvalue weighted by molar-refractivity contribution is 5.42. The van der Waals surface area contributed by atoms with E-state index in [0.29, 0.717) is 12.5 Å². The lowest BCUT2D eigenvalue weighted by molar-refractivity contribution is 0.472. The van der Waals surface area contributed by atoms with Crippen LogP contribution in [0.2, 0.25) is 0 Å². The van der Waals surface area contributed by atoms with E-state index in [4.69, 9.17) is 10.5 Å². The summed E-state index contributed by atoms with van der Waals surface area (Å²) in [6, 6.07) is 14.3. The van der Waals surface area contributed by atoms with Crippen LogP contribution < -0.4 is 10.5 Å². The van der Waals surface area contributed by atoms with Crippen molar-refractivity contribution in [2.45, 2.75) is 33.2 Å². The Morgan fingerprint density at radius 3 is 2.32 bits per heavy atom. The van der Waals surface area contributed by atoms with Gasteiger partial charge in [-0.05, 0) is 47.7 Å². The number of rotatable bonds is 4. The molecule has 0 aliphatic heterocycles. The van der Waals surface area contributed by atoms with Crippen LogP contribution in [-0.2, 0) is 6.54 Å². The van der Waals surface area contributed by atoms with Gasteiger partial charge in [0.2, 0.25) is 0 Å². The normalized spacial score (nSPS) is 10.8. The van der Waals surface area contributed by atoms with Crippen LogP contribution in [-0.4, -0.2) is 0 Å². The molecule has 0 fully saturated rings. The van der Waals surface area contributed by atoms with Gasteiger partial charge in [0.05, 0.1) is 0 Å². The monoisotopic (exact) mass is 255 g/mol. The highest BCUT2D eigenvalue weighted by atomic mass is 16.5. The molecule has 0 spiro atoms. The maximum absolute atomic E-state index is 6.01. The number of benzene rings is 2. The van der Waals surface area contributed by atoms with Crippen LogP contribution in [0.15, 0.2) is 42.5 Å². The van der Waals surface area contributed by atoms with Crippen molar-refractivity contribution >= 4 is 0 Å². The van der Waals surface area contributed by atoms with Crippen LogP contribution in [0.1, 0.15) is 36.5 Å². The van der Waals surface area contributed by atoms with Crippen LogP contribution in [0.4, 0.5) is 0 Å². The lowest BCUT2D eigenvalue weighted by Gasteiger charge is -2.14. The molecule has 0 atom stereocenters. The van der Waals surface area contributed by atoms with Crippen molar-refractivity contribution in [2.75, 3.05) is 0 Å². The SMILES string of the molecule is Cc1ccc(C(C)C)c(Oc2ccc(CN)cc2)c1. The van der Waals surface area contributed by atoms with E-state index in [0.717, 1.165) is 17.1 Å². The predicted molar refractivity (Wildman–Crippen MR) is 79.7 cm³/mol. The zero-order chi connectivity index (χ0) is 13.8. The minimum absolute atomic E-state index is 0.443. The molecule has 0 unspecified atom stereocenters. The third-order valence-electron chi connectivity index (χ3n) is 3.18. The molecule has 100 valence electrons. The van der Waals surface area contributed by atoms with E-state index in [1.165, 1.54) is 11.1 Å². The smallest absolute Gasteiger partial charge is 0.131 e. The quantitative estimate of drug-likeness (QED) is 0.880. The Kier molecular flexibility index (Phi) is 4.23. The lowest BCUT2D eigenvalue weighted by atomic mass is 10.0. The molecule has 2 rings (SSSR count). The van der Waals surface area contributed by atoms with Crippen LogP contribution in [0, 0.1) is 6.92 Å². The zero-order valence-electron chi connectivity index (χ0n) is 11.8. The Bertz CT molecular complexity index is 544. The molecule has 2 nitrogen and oxygen atoms in total. The highest BCUT2D eigenvalue weighted by Gasteiger charge is 2.09. The van der Waals surface area contributed by atoms with Crippen molar-refractivity contribution in [3.63, 3.8) is 0 Å². The minimum atomic E-state index is 0.443. The van der Waals surface area contributed by atoms with Crippen molar-refractivity contribution in [3.05, 3.63) is 59.2 Å². The highest BCUT2D eigenvalue weighted by Crippen LogP contribution is 2.31. The van der Waals surface area contributed by atoms with E-state index < -0.39 is 0 Å². The Hall–Kier alpha value is -1.80. The summed E-state index contributed by atoms with van der Waals surface area (Å²) in [5.74, 6) is 2.24. The average molecular weight is 255 g/mol. The molecule has 0 heterocycles. The van der Waals surface area contributed by atoms with Gasteiger partial charge in [0.1, 0.15) is 11.5 Å². The third kappa shape index (κ3) is 3.36. The van der Waals surface area contributed by atoms with Gasteiger partial charge >= 0.3 is 0 Å². The summed E-state index contributed by atoms with van der Waals surface area (Å²) in [5.41, 5.74) is 9.14. The zero-order valence-corrected chi connectivity index (χ0v) is 11.8. The van der Waals surface area contributed by atoms with Gasteiger partial charge in [-0.15, -0.1) is 0 Å². The van der Waals surface area contributed by atoms with E-state index in [1.54, 1.807) is 0 Å². The van der Waals surface area contributed by atoms with Gasteiger partial charge in [-0.1, -0.05) is 38.1 Å². The fourth-order valence-electron chi connectivity index (χ4n) is 2.03. The lowest BCUT2D eigenvalue weighted by Crippen LogP contribution is -1.97. The first-order valence-electron chi connectivity index (χ1n) is 6.67. The fourth-order valence-corrected chi connectivity index (χ4v) is 2.03. The van der Waals surface area contributed by atoms with Crippen LogP contribution >= 0.6 is 0 Å². The number of nitrogens with two attached hydrogens (primary N) is 1. The molecule has 2 heteroatoms. The summed E-state index contributed by atoms with van der Waals surface area (Å²) >= 11 is 0. The first-order chi connectivity index (χ1) is 9.10. The minimum Gasteiger partial charge on any atom is -0.457 e. The summed E-state index contributed by atoms with van der Waals surface area (Å²) in [6.45, 7) is 6.99. The Labute approximate surface area is 115 Å². The molecule has 0 aliphatic rings. The Morgan fingerprint density at radius 1 is 1.05 bits per heavy atom. The molecule has 0 aromatic heterocycles. The second-order valence-corrected chi connectivity index (χ2v) is 5.15. The van der Waals surface area contributed by atoms with Gasteiger partial charge < -0.3 is 10.5 Å². The van der Waals surface area contributed by atoms with Gasteiger partial charge in [-0.2, -0.15) is 0 Å². The molecule has 0 aliphatic carbocycles. The van der Waals surface area contributed by atoms with E-state index >= 15 is 0 Å². The molecule has 0 bridgehead atoms.